The van der Waals surface area contributed by atoms with Gasteiger partial charge in [0.05, 0.1) is 27.5 Å². The van der Waals surface area contributed by atoms with Crippen molar-refractivity contribution in [3.8, 4) is 5.75 Å². The van der Waals surface area contributed by atoms with Gasteiger partial charge in [-0.25, -0.2) is 9.48 Å². The lowest BCUT2D eigenvalue weighted by Gasteiger charge is -2.19. The van der Waals surface area contributed by atoms with Crippen LogP contribution in [0.2, 0.25) is 0 Å². The normalized spacial score (nSPS) is 17.5. The van der Waals surface area contributed by atoms with E-state index >= 15 is 0 Å². The molecule has 3 heterocycles. The minimum atomic E-state index is -1.11. The second-order valence-electron chi connectivity index (χ2n) is 4.67. The van der Waals surface area contributed by atoms with Gasteiger partial charge in [-0.1, -0.05) is 0 Å². The van der Waals surface area contributed by atoms with Crippen molar-refractivity contribution in [1.82, 2.24) is 14.8 Å². The molecule has 0 radical (unpaired) electrons. The number of thiol groups is 1. The van der Waals surface area contributed by atoms with Gasteiger partial charge < -0.3 is 16.2 Å². The van der Waals surface area contributed by atoms with Crippen LogP contribution in [0.4, 0.5) is 4.79 Å². The molecule has 0 saturated carbocycles. The Hall–Kier alpha value is -2.33. The number of ether oxygens (including phenoxy) is 1. The maximum absolute atomic E-state index is 11.6. The highest BCUT2D eigenvalue weighted by atomic mass is 79.9. The number of hydrogen-bond donors (Lipinski definition) is 3. The third kappa shape index (κ3) is 2.70. The number of aryl methyl sites for hydroxylation is 1. The van der Waals surface area contributed by atoms with E-state index in [4.69, 9.17) is 16.2 Å². The third-order valence-electron chi connectivity index (χ3n) is 3.18. The molecule has 1 unspecified atom stereocenters. The number of carbonyl (C=O) groups is 2. The first-order valence-electron chi connectivity index (χ1n) is 6.37. The van der Waals surface area contributed by atoms with E-state index in [1.165, 1.54) is 12.4 Å². The fourth-order valence-electron chi connectivity index (χ4n) is 2.24. The summed E-state index contributed by atoms with van der Waals surface area (Å²) in [5.41, 5.74) is 11.6. The van der Waals surface area contributed by atoms with Crippen LogP contribution in [0, 0.1) is 6.92 Å². The Bertz CT molecular complexity index is 863. The zero-order valence-corrected chi connectivity index (χ0v) is 14.3. The first-order chi connectivity index (χ1) is 10.9. The van der Waals surface area contributed by atoms with Crippen LogP contribution in [0.25, 0.3) is 6.20 Å². The summed E-state index contributed by atoms with van der Waals surface area (Å²) >= 11 is 3.51. The lowest BCUT2D eigenvalue weighted by Crippen LogP contribution is -2.16. The van der Waals surface area contributed by atoms with Gasteiger partial charge in [0.2, 0.25) is 0 Å². The number of fused-ring (bicyclic) bond motifs is 1. The molecule has 120 valence electrons. The van der Waals surface area contributed by atoms with Crippen LogP contribution < -0.4 is 16.2 Å². The Morgan fingerprint density at radius 1 is 1.35 bits per heavy atom. The van der Waals surface area contributed by atoms with Crippen LogP contribution in [0.3, 0.4) is 0 Å². The summed E-state index contributed by atoms with van der Waals surface area (Å²) in [6.45, 7) is 1.83. The van der Waals surface area contributed by atoms with E-state index in [1.54, 1.807) is 16.9 Å². The Labute approximate surface area is 142 Å². The molecule has 0 saturated heterocycles. The molecule has 2 aromatic rings. The molecular formula is C13H12BrN5O3S. The predicted molar refractivity (Wildman–Crippen MR) is 88.6 cm³/mol. The Balaban J connectivity index is 2.13. The lowest BCUT2D eigenvalue weighted by atomic mass is 10.3. The molecule has 1 atom stereocenters. The summed E-state index contributed by atoms with van der Waals surface area (Å²) in [4.78, 5) is 27.6. The van der Waals surface area contributed by atoms with Gasteiger partial charge in [-0.15, -0.1) is 10.9 Å². The van der Waals surface area contributed by atoms with E-state index in [-0.39, 0.29) is 5.75 Å². The van der Waals surface area contributed by atoms with Crippen LogP contribution in [-0.4, -0.2) is 26.8 Å². The molecule has 1 aliphatic rings. The summed E-state index contributed by atoms with van der Waals surface area (Å²) in [5, 5.41) is 4.84. The zero-order valence-electron chi connectivity index (χ0n) is 11.9. The molecule has 0 spiro atoms. The average Bonchev–Trinajstić information content (AvgIpc) is 2.98. The van der Waals surface area contributed by atoms with Gasteiger partial charge in [0.25, 0.3) is 5.91 Å². The van der Waals surface area contributed by atoms with Crippen LogP contribution in [-0.2, 0) is 0 Å². The molecule has 3 rings (SSSR count). The van der Waals surface area contributed by atoms with Gasteiger partial charge in [-0.3, -0.25) is 9.78 Å². The maximum atomic E-state index is 11.6. The molecule has 0 aromatic carbocycles. The van der Waals surface area contributed by atoms with E-state index in [9.17, 15) is 9.59 Å². The van der Waals surface area contributed by atoms with Crippen molar-refractivity contribution in [3.63, 3.8) is 0 Å². The Morgan fingerprint density at radius 2 is 2.09 bits per heavy atom. The van der Waals surface area contributed by atoms with Crippen molar-refractivity contribution in [2.24, 2.45) is 11.5 Å². The molecule has 2 aromatic heterocycles. The SMILES string of the molecule is Cc1ncc(OC(N)=O)cc1[SH]1C(Br)=Cn2ncc(C(N)=O)c21. The number of nitrogens with two attached hydrogens (primary N) is 2. The summed E-state index contributed by atoms with van der Waals surface area (Å²) in [6, 6.07) is 1.68. The monoisotopic (exact) mass is 397 g/mol. The highest BCUT2D eigenvalue weighted by molar-refractivity contribution is 9.14. The van der Waals surface area contributed by atoms with Crippen molar-refractivity contribution in [3.05, 3.63) is 33.5 Å². The number of hydrogen-bond acceptors (Lipinski definition) is 5. The average molecular weight is 398 g/mol. The standard InChI is InChI=1S/C13H12BrN5O3S/c1-6-9(2-7(3-17-6)22-13(16)21)23-10(14)5-19-12(23)8(4-18-19)11(15)20/h2-5,23H,1H3,(H2,15,20)(H2,16,21). The summed E-state index contributed by atoms with van der Waals surface area (Å²) in [7, 11) is -1.11. The van der Waals surface area contributed by atoms with Crippen molar-refractivity contribution in [2.45, 2.75) is 16.8 Å². The number of rotatable bonds is 3. The molecule has 0 aliphatic carbocycles. The van der Waals surface area contributed by atoms with Crippen LogP contribution in [0.1, 0.15) is 16.1 Å². The topological polar surface area (TPSA) is 126 Å². The largest absolute Gasteiger partial charge is 0.410 e. The van der Waals surface area contributed by atoms with Gasteiger partial charge in [0, 0.05) is 11.1 Å². The smallest absolute Gasteiger partial charge is 0.409 e. The predicted octanol–water partition coefficient (Wildman–Crippen LogP) is 1.73. The van der Waals surface area contributed by atoms with Crippen LogP contribution in [0.15, 0.2) is 32.2 Å². The molecule has 0 fully saturated rings. The second kappa shape index (κ2) is 5.70. The molecular weight excluding hydrogens is 386 g/mol. The van der Waals surface area contributed by atoms with Gasteiger partial charge in [-0.05, 0) is 28.9 Å². The molecule has 1 aliphatic heterocycles. The highest BCUT2D eigenvalue weighted by Gasteiger charge is 2.30. The van der Waals surface area contributed by atoms with E-state index < -0.39 is 22.9 Å². The van der Waals surface area contributed by atoms with Gasteiger partial charge in [0.15, 0.2) is 5.75 Å². The maximum Gasteiger partial charge on any atom is 0.410 e. The number of carbonyl (C=O) groups excluding carboxylic acids is 2. The fourth-order valence-corrected chi connectivity index (χ4v) is 5.75. The summed E-state index contributed by atoms with van der Waals surface area (Å²) in [6.07, 6.45) is 3.71. The van der Waals surface area contributed by atoms with Gasteiger partial charge in [-0.2, -0.15) is 5.10 Å². The zero-order chi connectivity index (χ0) is 16.7. The summed E-state index contributed by atoms with van der Waals surface area (Å²) in [5.74, 6) is -0.316. The van der Waals surface area contributed by atoms with E-state index in [0.29, 0.717) is 10.6 Å². The Kier molecular flexibility index (Phi) is 3.86. The van der Waals surface area contributed by atoms with E-state index in [0.717, 1.165) is 14.4 Å². The lowest BCUT2D eigenvalue weighted by molar-refractivity contribution is 0.0997. The minimum Gasteiger partial charge on any atom is -0.409 e. The van der Waals surface area contributed by atoms with Gasteiger partial charge >= 0.3 is 6.09 Å². The molecule has 4 N–H and O–H groups in total. The quantitative estimate of drug-likeness (QED) is 0.679. The van der Waals surface area contributed by atoms with Crippen LogP contribution >= 0.6 is 26.8 Å². The third-order valence-corrected chi connectivity index (χ3v) is 6.80. The first kappa shape index (κ1) is 15.6. The number of aromatic nitrogens is 3. The van der Waals surface area contributed by atoms with E-state index in [2.05, 4.69) is 26.0 Å². The van der Waals surface area contributed by atoms with Crippen molar-refractivity contribution >= 4 is 45.0 Å². The molecule has 0 bridgehead atoms. The minimum absolute atomic E-state index is 0.236. The van der Waals surface area contributed by atoms with Crippen LogP contribution in [0.5, 0.6) is 5.75 Å². The number of halogens is 1. The summed E-state index contributed by atoms with van der Waals surface area (Å²) < 4.78 is 7.34. The fraction of sp³-hybridized carbons (Fsp3) is 0.0769. The number of nitrogens with zero attached hydrogens (tertiary/aromatic N) is 3. The number of amides is 2. The molecule has 10 heteroatoms. The molecule has 8 nitrogen and oxygen atoms in total. The van der Waals surface area contributed by atoms with Crippen molar-refractivity contribution in [2.75, 3.05) is 0 Å². The number of pyridine rings is 1. The van der Waals surface area contributed by atoms with E-state index in [1.807, 2.05) is 6.92 Å². The van der Waals surface area contributed by atoms with Crippen molar-refractivity contribution < 1.29 is 14.3 Å². The molecule has 23 heavy (non-hydrogen) atoms. The highest BCUT2D eigenvalue weighted by Crippen LogP contribution is 2.59. The molecule has 2 amide bonds. The second-order valence-corrected chi connectivity index (χ2v) is 8.20. The Morgan fingerprint density at radius 3 is 2.74 bits per heavy atom. The van der Waals surface area contributed by atoms with Gasteiger partial charge in [0.1, 0.15) is 5.03 Å². The first-order valence-corrected chi connectivity index (χ1v) is 8.50. The van der Waals surface area contributed by atoms with Crippen molar-refractivity contribution in [1.29, 1.82) is 0 Å². The number of primary amides is 2.